The lowest BCUT2D eigenvalue weighted by Gasteiger charge is -2.35. The number of aliphatic imine (C=N–C) groups is 1. The quantitative estimate of drug-likeness (QED) is 0.460. The molecule has 2 atom stereocenters. The number of thioether (sulfide) groups is 1. The Morgan fingerprint density at radius 1 is 1.19 bits per heavy atom. The van der Waals surface area contributed by atoms with E-state index in [0.29, 0.717) is 11.8 Å². The van der Waals surface area contributed by atoms with E-state index in [4.69, 9.17) is 10.7 Å². The Morgan fingerprint density at radius 2 is 1.93 bits per heavy atom. The molecule has 2 fully saturated rings. The Labute approximate surface area is 168 Å². The first-order valence-electron chi connectivity index (χ1n) is 10.3. The molecule has 1 saturated carbocycles. The average Bonchev–Trinajstić information content (AvgIpc) is 2.72. The van der Waals surface area contributed by atoms with Crippen molar-refractivity contribution in [3.63, 3.8) is 0 Å². The standard InChI is InChI=1S/C21H35N5S/c1-25-10-12-26(13-11-25)21(24-19-8-3-4-9-20(19)27-2)23-16-18-7-5-6-17(14-18)15-22/h3-4,8-9,17-18H,5-7,10-16,22H2,1-2H3,(H,23,24). The van der Waals surface area contributed by atoms with E-state index < -0.39 is 0 Å². The van der Waals surface area contributed by atoms with Crippen molar-refractivity contribution in [2.75, 3.05) is 57.9 Å². The van der Waals surface area contributed by atoms with Crippen LogP contribution in [0.4, 0.5) is 5.69 Å². The number of nitrogens with zero attached hydrogens (tertiary/aromatic N) is 3. The summed E-state index contributed by atoms with van der Waals surface area (Å²) in [6, 6.07) is 8.51. The van der Waals surface area contributed by atoms with Crippen LogP contribution in [-0.4, -0.2) is 68.3 Å². The molecule has 1 aliphatic carbocycles. The second-order valence-corrected chi connectivity index (χ2v) is 8.76. The minimum atomic E-state index is 0.673. The summed E-state index contributed by atoms with van der Waals surface area (Å²) in [6.45, 7) is 5.96. The van der Waals surface area contributed by atoms with E-state index in [9.17, 15) is 0 Å². The van der Waals surface area contributed by atoms with Gasteiger partial charge < -0.3 is 20.9 Å². The van der Waals surface area contributed by atoms with Crippen LogP contribution < -0.4 is 11.1 Å². The van der Waals surface area contributed by atoms with Gasteiger partial charge in [0.05, 0.1) is 5.69 Å². The number of para-hydroxylation sites is 1. The molecule has 0 bridgehead atoms. The van der Waals surface area contributed by atoms with Gasteiger partial charge in [-0.2, -0.15) is 0 Å². The maximum atomic E-state index is 5.92. The highest BCUT2D eigenvalue weighted by Gasteiger charge is 2.22. The van der Waals surface area contributed by atoms with Crippen molar-refractivity contribution < 1.29 is 0 Å². The first kappa shape index (κ1) is 20.5. The van der Waals surface area contributed by atoms with Crippen molar-refractivity contribution in [1.29, 1.82) is 0 Å². The molecule has 1 heterocycles. The van der Waals surface area contributed by atoms with Gasteiger partial charge in [-0.1, -0.05) is 18.6 Å². The molecular weight excluding hydrogens is 354 g/mol. The number of likely N-dealkylation sites (N-methyl/N-ethyl adjacent to an activating group) is 1. The zero-order valence-electron chi connectivity index (χ0n) is 16.9. The molecule has 6 heteroatoms. The van der Waals surface area contributed by atoms with Crippen LogP contribution in [0, 0.1) is 11.8 Å². The predicted molar refractivity (Wildman–Crippen MR) is 118 cm³/mol. The van der Waals surface area contributed by atoms with Crippen molar-refractivity contribution in [2.24, 2.45) is 22.6 Å². The van der Waals surface area contributed by atoms with E-state index in [-0.39, 0.29) is 0 Å². The lowest BCUT2D eigenvalue weighted by atomic mass is 9.81. The highest BCUT2D eigenvalue weighted by atomic mass is 32.2. The molecular formula is C21H35N5S. The number of piperazine rings is 1. The van der Waals surface area contributed by atoms with Gasteiger partial charge >= 0.3 is 0 Å². The molecule has 2 aliphatic rings. The van der Waals surface area contributed by atoms with Crippen molar-refractivity contribution in [3.05, 3.63) is 24.3 Å². The second kappa shape index (κ2) is 10.3. The van der Waals surface area contributed by atoms with Gasteiger partial charge in [0.15, 0.2) is 5.96 Å². The molecule has 1 aliphatic heterocycles. The maximum Gasteiger partial charge on any atom is 0.198 e. The summed E-state index contributed by atoms with van der Waals surface area (Å²) in [5, 5.41) is 3.66. The third kappa shape index (κ3) is 5.87. The normalized spacial score (nSPS) is 24.9. The summed E-state index contributed by atoms with van der Waals surface area (Å²) < 4.78 is 0. The number of guanidine groups is 1. The zero-order chi connectivity index (χ0) is 19.1. The average molecular weight is 390 g/mol. The van der Waals surface area contributed by atoms with Crippen LogP contribution in [0.1, 0.15) is 25.7 Å². The summed E-state index contributed by atoms with van der Waals surface area (Å²) >= 11 is 1.78. The van der Waals surface area contributed by atoms with Crippen LogP contribution in [-0.2, 0) is 0 Å². The molecule has 3 N–H and O–H groups in total. The van der Waals surface area contributed by atoms with Gasteiger partial charge in [0, 0.05) is 37.6 Å². The van der Waals surface area contributed by atoms with Crippen molar-refractivity contribution in [2.45, 2.75) is 30.6 Å². The molecule has 0 spiro atoms. The molecule has 0 amide bonds. The number of benzene rings is 1. The fourth-order valence-corrected chi connectivity index (χ4v) is 4.66. The Bertz CT molecular complexity index is 612. The number of rotatable bonds is 5. The first-order chi connectivity index (χ1) is 13.2. The molecule has 0 aromatic heterocycles. The Balaban J connectivity index is 1.72. The maximum absolute atomic E-state index is 5.92. The molecule has 0 radical (unpaired) electrons. The number of nitrogens with two attached hydrogens (primary N) is 1. The first-order valence-corrected chi connectivity index (χ1v) is 11.5. The minimum Gasteiger partial charge on any atom is -0.340 e. The third-order valence-corrected chi connectivity index (χ3v) is 6.68. The SMILES string of the molecule is CSc1ccccc1NC(=NCC1CCCC(CN)C1)N1CCN(C)CC1. The smallest absolute Gasteiger partial charge is 0.198 e. The highest BCUT2D eigenvalue weighted by molar-refractivity contribution is 7.98. The Kier molecular flexibility index (Phi) is 7.85. The number of nitrogens with one attached hydrogen (secondary N) is 1. The van der Waals surface area contributed by atoms with Crippen LogP contribution in [0.5, 0.6) is 0 Å². The van der Waals surface area contributed by atoms with Gasteiger partial charge in [0.25, 0.3) is 0 Å². The minimum absolute atomic E-state index is 0.673. The van der Waals surface area contributed by atoms with Gasteiger partial charge in [-0.15, -0.1) is 11.8 Å². The summed E-state index contributed by atoms with van der Waals surface area (Å²) in [6.07, 6.45) is 7.24. The molecule has 3 rings (SSSR count). The third-order valence-electron chi connectivity index (χ3n) is 5.88. The van der Waals surface area contributed by atoms with E-state index >= 15 is 0 Å². The molecule has 27 heavy (non-hydrogen) atoms. The van der Waals surface area contributed by atoms with E-state index in [0.717, 1.165) is 50.9 Å². The number of anilines is 1. The molecule has 1 aromatic carbocycles. The molecule has 1 aromatic rings. The highest BCUT2D eigenvalue weighted by Crippen LogP contribution is 2.29. The summed E-state index contributed by atoms with van der Waals surface area (Å²) in [7, 11) is 2.19. The number of hydrogen-bond acceptors (Lipinski definition) is 4. The van der Waals surface area contributed by atoms with E-state index in [1.54, 1.807) is 11.8 Å². The predicted octanol–water partition coefficient (Wildman–Crippen LogP) is 3.19. The van der Waals surface area contributed by atoms with Crippen LogP contribution >= 0.6 is 11.8 Å². The van der Waals surface area contributed by atoms with Crippen LogP contribution in [0.25, 0.3) is 0 Å². The van der Waals surface area contributed by atoms with Gasteiger partial charge in [-0.3, -0.25) is 4.99 Å². The second-order valence-electron chi connectivity index (χ2n) is 7.91. The zero-order valence-corrected chi connectivity index (χ0v) is 17.7. The van der Waals surface area contributed by atoms with Crippen LogP contribution in [0.3, 0.4) is 0 Å². The molecule has 2 unspecified atom stereocenters. The van der Waals surface area contributed by atoms with Gasteiger partial charge in [-0.25, -0.2) is 0 Å². The molecule has 150 valence electrons. The lowest BCUT2D eigenvalue weighted by Crippen LogP contribution is -2.49. The van der Waals surface area contributed by atoms with Gasteiger partial charge in [0.2, 0.25) is 0 Å². The van der Waals surface area contributed by atoms with Gasteiger partial charge in [0.1, 0.15) is 0 Å². The monoisotopic (exact) mass is 389 g/mol. The Morgan fingerprint density at radius 3 is 2.67 bits per heavy atom. The van der Waals surface area contributed by atoms with E-state index in [2.05, 4.69) is 52.7 Å². The lowest BCUT2D eigenvalue weighted by molar-refractivity contribution is 0.214. The summed E-state index contributed by atoms with van der Waals surface area (Å²) in [5.41, 5.74) is 7.08. The number of hydrogen-bond donors (Lipinski definition) is 2. The topological polar surface area (TPSA) is 56.9 Å². The fourth-order valence-electron chi connectivity index (χ4n) is 4.10. The largest absolute Gasteiger partial charge is 0.340 e. The van der Waals surface area contributed by atoms with Crippen molar-refractivity contribution in [1.82, 2.24) is 9.80 Å². The Hall–Kier alpha value is -1.24. The van der Waals surface area contributed by atoms with Gasteiger partial charge in [-0.05, 0) is 63.1 Å². The van der Waals surface area contributed by atoms with E-state index in [1.165, 1.54) is 30.6 Å². The van der Waals surface area contributed by atoms with Crippen LogP contribution in [0.2, 0.25) is 0 Å². The summed E-state index contributed by atoms with van der Waals surface area (Å²) in [4.78, 5) is 11.2. The molecule has 1 saturated heterocycles. The van der Waals surface area contributed by atoms with E-state index in [1.807, 2.05) is 0 Å². The summed E-state index contributed by atoms with van der Waals surface area (Å²) in [5.74, 6) is 2.41. The fraction of sp³-hybridized carbons (Fsp3) is 0.667. The van der Waals surface area contributed by atoms with Crippen molar-refractivity contribution >= 4 is 23.4 Å². The molecule has 5 nitrogen and oxygen atoms in total. The van der Waals surface area contributed by atoms with Crippen LogP contribution in [0.15, 0.2) is 34.2 Å². The van der Waals surface area contributed by atoms with Crippen molar-refractivity contribution in [3.8, 4) is 0 Å².